The van der Waals surface area contributed by atoms with E-state index in [4.69, 9.17) is 19.9 Å². The molecule has 0 amide bonds. The van der Waals surface area contributed by atoms with Crippen molar-refractivity contribution in [3.8, 4) is 11.6 Å². The number of hydrogen-bond donors (Lipinski definition) is 1. The van der Waals surface area contributed by atoms with Gasteiger partial charge in [-0.1, -0.05) is 66.7 Å². The highest BCUT2D eigenvalue weighted by Crippen LogP contribution is 2.47. The number of nitrogens with zero attached hydrogens (tertiary/aromatic N) is 3. The first-order chi connectivity index (χ1) is 16.8. The van der Waals surface area contributed by atoms with Gasteiger partial charge >= 0.3 is 0 Å². The Bertz CT molecular complexity index is 1380. The minimum Gasteiger partial charge on any atom is -0.438 e. The van der Waals surface area contributed by atoms with Crippen LogP contribution in [-0.2, 0) is 11.3 Å². The van der Waals surface area contributed by atoms with Crippen molar-refractivity contribution < 1.29 is 9.47 Å². The molecule has 4 aromatic rings. The van der Waals surface area contributed by atoms with E-state index in [-0.39, 0.29) is 5.92 Å². The number of rotatable bonds is 5. The molecule has 1 fully saturated rings. The first kappa shape index (κ1) is 21.1. The Morgan fingerprint density at radius 2 is 1.71 bits per heavy atom. The van der Waals surface area contributed by atoms with Gasteiger partial charge in [0.2, 0.25) is 5.88 Å². The maximum atomic E-state index is 9.14. The third-order valence-corrected chi connectivity index (χ3v) is 6.91. The molecule has 6 nitrogen and oxygen atoms in total. The van der Waals surface area contributed by atoms with Gasteiger partial charge < -0.3 is 14.0 Å². The van der Waals surface area contributed by atoms with Crippen LogP contribution in [0.15, 0.2) is 73.1 Å². The van der Waals surface area contributed by atoms with Crippen molar-refractivity contribution in [1.82, 2.24) is 14.5 Å². The Morgan fingerprint density at radius 1 is 0.912 bits per heavy atom. The number of nitrogens with one attached hydrogen (secondary N) is 1. The summed E-state index contributed by atoms with van der Waals surface area (Å²) in [7, 11) is 0. The molecule has 1 N–H and O–H groups in total. The highest BCUT2D eigenvalue weighted by atomic mass is 16.5. The van der Waals surface area contributed by atoms with Gasteiger partial charge in [-0.2, -0.15) is 0 Å². The highest BCUT2D eigenvalue weighted by Gasteiger charge is 2.32. The van der Waals surface area contributed by atoms with Crippen molar-refractivity contribution in [1.29, 1.82) is 5.41 Å². The minimum atomic E-state index is -0.101. The molecular formula is C28H28N4O2. The summed E-state index contributed by atoms with van der Waals surface area (Å²) in [6, 6.07) is 23.0. The van der Waals surface area contributed by atoms with Crippen molar-refractivity contribution in [3.63, 3.8) is 0 Å². The molecule has 0 saturated carbocycles. The number of hydrogen-bond acceptors (Lipinski definition) is 5. The zero-order valence-electron chi connectivity index (χ0n) is 19.1. The summed E-state index contributed by atoms with van der Waals surface area (Å²) in [6.45, 7) is 5.33. The topological polar surface area (TPSA) is 63.4 Å². The SMILES string of the molecule is N=c1c2c(ncn1CCCN1CCOCC1)Oc1c(ccc3ccccc13)[C@@H]2c1ccccc1. The van der Waals surface area contributed by atoms with Gasteiger partial charge in [0.25, 0.3) is 0 Å². The summed E-state index contributed by atoms with van der Waals surface area (Å²) in [6.07, 6.45) is 2.73. The van der Waals surface area contributed by atoms with Gasteiger partial charge in [-0.05, 0) is 17.4 Å². The van der Waals surface area contributed by atoms with Crippen LogP contribution in [0.2, 0.25) is 0 Å². The first-order valence-corrected chi connectivity index (χ1v) is 12.0. The van der Waals surface area contributed by atoms with Gasteiger partial charge in [-0.15, -0.1) is 0 Å². The second-order valence-electron chi connectivity index (χ2n) is 8.96. The Morgan fingerprint density at radius 3 is 2.56 bits per heavy atom. The van der Waals surface area contributed by atoms with Gasteiger partial charge in [0.15, 0.2) is 0 Å². The molecule has 1 aromatic heterocycles. The Hall–Kier alpha value is -3.48. The van der Waals surface area contributed by atoms with E-state index in [1.54, 1.807) is 6.33 Å². The normalized spacial score (nSPS) is 17.7. The van der Waals surface area contributed by atoms with Crippen LogP contribution in [0.25, 0.3) is 10.8 Å². The van der Waals surface area contributed by atoms with Crippen LogP contribution in [0.1, 0.15) is 29.0 Å². The lowest BCUT2D eigenvalue weighted by atomic mass is 9.83. The molecule has 34 heavy (non-hydrogen) atoms. The van der Waals surface area contributed by atoms with E-state index in [2.05, 4.69) is 53.4 Å². The van der Waals surface area contributed by atoms with E-state index < -0.39 is 0 Å². The van der Waals surface area contributed by atoms with Crippen LogP contribution >= 0.6 is 0 Å². The smallest absolute Gasteiger partial charge is 0.228 e. The lowest BCUT2D eigenvalue weighted by molar-refractivity contribution is 0.0369. The van der Waals surface area contributed by atoms with Gasteiger partial charge in [-0.3, -0.25) is 10.3 Å². The van der Waals surface area contributed by atoms with Crippen LogP contribution in [-0.4, -0.2) is 47.3 Å². The highest BCUT2D eigenvalue weighted by molar-refractivity contribution is 5.91. The van der Waals surface area contributed by atoms with Crippen LogP contribution < -0.4 is 10.2 Å². The molecule has 6 rings (SSSR count). The standard InChI is InChI=1S/C28H28N4O2/c29-27-25-24(21-8-2-1-3-9-21)23-12-11-20-7-4-5-10-22(20)26(23)34-28(25)30-19-32(27)14-6-13-31-15-17-33-18-16-31/h1-5,7-12,19,24,29H,6,13-18H2/t24-/m0/s1. The largest absolute Gasteiger partial charge is 0.438 e. The third kappa shape index (κ3) is 3.79. The maximum Gasteiger partial charge on any atom is 0.228 e. The van der Waals surface area contributed by atoms with Crippen LogP contribution in [0, 0.1) is 5.41 Å². The monoisotopic (exact) mass is 452 g/mol. The van der Waals surface area contributed by atoms with Gasteiger partial charge in [0.1, 0.15) is 17.6 Å². The number of fused-ring (bicyclic) bond motifs is 4. The molecule has 3 heterocycles. The van der Waals surface area contributed by atoms with Crippen LogP contribution in [0.3, 0.4) is 0 Å². The molecule has 0 bridgehead atoms. The summed E-state index contributed by atoms with van der Waals surface area (Å²) >= 11 is 0. The molecule has 172 valence electrons. The van der Waals surface area contributed by atoms with Crippen molar-refractivity contribution in [2.24, 2.45) is 0 Å². The van der Waals surface area contributed by atoms with Gasteiger partial charge in [-0.25, -0.2) is 4.98 Å². The number of aryl methyl sites for hydroxylation is 1. The van der Waals surface area contributed by atoms with Crippen molar-refractivity contribution in [2.45, 2.75) is 18.9 Å². The predicted molar refractivity (Wildman–Crippen MR) is 131 cm³/mol. The average molecular weight is 453 g/mol. The molecule has 3 aromatic carbocycles. The zero-order valence-corrected chi connectivity index (χ0v) is 19.1. The molecule has 6 heteroatoms. The van der Waals surface area contributed by atoms with Crippen molar-refractivity contribution in [2.75, 3.05) is 32.8 Å². The number of benzene rings is 3. The second kappa shape index (κ2) is 9.05. The quantitative estimate of drug-likeness (QED) is 0.426. The Kier molecular flexibility index (Phi) is 5.61. The summed E-state index contributed by atoms with van der Waals surface area (Å²) in [5.74, 6) is 1.28. The molecule has 1 atom stereocenters. The fourth-order valence-corrected chi connectivity index (χ4v) is 5.15. The number of aromatic nitrogens is 2. The van der Waals surface area contributed by atoms with E-state index in [0.29, 0.717) is 11.4 Å². The van der Waals surface area contributed by atoms with E-state index in [9.17, 15) is 0 Å². The minimum absolute atomic E-state index is 0.101. The van der Waals surface area contributed by atoms with E-state index in [0.717, 1.165) is 79.0 Å². The fraction of sp³-hybridized carbons (Fsp3) is 0.286. The molecule has 2 aliphatic rings. The van der Waals surface area contributed by atoms with Crippen molar-refractivity contribution >= 4 is 10.8 Å². The number of morpholine rings is 1. The molecule has 2 aliphatic heterocycles. The molecule has 0 radical (unpaired) electrons. The summed E-state index contributed by atoms with van der Waals surface area (Å²) in [5, 5.41) is 11.3. The van der Waals surface area contributed by atoms with E-state index in [1.807, 2.05) is 22.8 Å². The number of ether oxygens (including phenoxy) is 2. The zero-order chi connectivity index (χ0) is 22.9. The predicted octanol–water partition coefficient (Wildman–Crippen LogP) is 4.52. The summed E-state index contributed by atoms with van der Waals surface area (Å²) in [5.41, 5.74) is 3.53. The summed E-state index contributed by atoms with van der Waals surface area (Å²) < 4.78 is 13.8. The maximum absolute atomic E-state index is 9.14. The molecule has 1 saturated heterocycles. The van der Waals surface area contributed by atoms with Gasteiger partial charge in [0, 0.05) is 43.0 Å². The lowest BCUT2D eigenvalue weighted by Crippen LogP contribution is -2.37. The van der Waals surface area contributed by atoms with Crippen LogP contribution in [0.5, 0.6) is 11.6 Å². The Balaban J connectivity index is 1.40. The molecule has 0 spiro atoms. The fourth-order valence-electron chi connectivity index (χ4n) is 5.15. The molecular weight excluding hydrogens is 424 g/mol. The van der Waals surface area contributed by atoms with Crippen molar-refractivity contribution in [3.05, 3.63) is 95.2 Å². The molecule has 0 aliphatic carbocycles. The second-order valence-corrected chi connectivity index (χ2v) is 8.96. The lowest BCUT2D eigenvalue weighted by Gasteiger charge is -2.30. The van der Waals surface area contributed by atoms with Gasteiger partial charge in [0.05, 0.1) is 18.8 Å². The van der Waals surface area contributed by atoms with E-state index >= 15 is 0 Å². The van der Waals surface area contributed by atoms with Crippen LogP contribution in [0.4, 0.5) is 0 Å². The summed E-state index contributed by atoms with van der Waals surface area (Å²) in [4.78, 5) is 7.14. The Labute approximate surface area is 198 Å². The first-order valence-electron chi connectivity index (χ1n) is 12.0. The average Bonchev–Trinajstić information content (AvgIpc) is 2.90. The molecule has 0 unspecified atom stereocenters. The third-order valence-electron chi connectivity index (χ3n) is 6.91. The van der Waals surface area contributed by atoms with E-state index in [1.165, 1.54) is 0 Å².